The van der Waals surface area contributed by atoms with Gasteiger partial charge < -0.3 is 19.3 Å². The van der Waals surface area contributed by atoms with E-state index in [0.29, 0.717) is 13.2 Å². The smallest absolute Gasteiger partial charge is 0.379 e. The molecule has 0 amide bonds. The Morgan fingerprint density at radius 2 is 0.806 bits per heavy atom. The topological polar surface area (TPSA) is 85.2 Å². The Morgan fingerprint density at radius 3 is 1.19 bits per heavy atom. The fourth-order valence-electron chi connectivity index (χ4n) is 3.64. The molecule has 0 saturated heterocycles. The molecule has 0 rings (SSSR count). The van der Waals surface area contributed by atoms with Crippen molar-refractivity contribution in [2.45, 2.75) is 122 Å². The van der Waals surface area contributed by atoms with Crippen molar-refractivity contribution in [3.05, 3.63) is 0 Å². The Kier molecular flexibility index (Phi) is 24.7. The SMILES string of the molecule is CCCCCCCCCCCCCCCCCCCCOCCOCCOP(=O)(O)O. The summed E-state index contributed by atoms with van der Waals surface area (Å²) >= 11 is 0. The Hall–Kier alpha value is 0.0300. The zero-order chi connectivity index (χ0) is 22.9. The largest absolute Gasteiger partial charge is 0.469 e. The summed E-state index contributed by atoms with van der Waals surface area (Å²) in [5.41, 5.74) is 0. The molecule has 0 heterocycles. The van der Waals surface area contributed by atoms with E-state index < -0.39 is 7.82 Å². The normalized spacial score (nSPS) is 12.0. The van der Waals surface area contributed by atoms with Crippen LogP contribution in [-0.2, 0) is 18.6 Å². The predicted octanol–water partition coefficient (Wildman–Crippen LogP) is 7.17. The first-order valence-electron chi connectivity index (χ1n) is 12.9. The lowest BCUT2D eigenvalue weighted by atomic mass is 10.0. The first kappa shape index (κ1) is 31.0. The number of hydrogen-bond donors (Lipinski definition) is 2. The number of unbranched alkanes of at least 4 members (excludes halogenated alkanes) is 17. The second kappa shape index (κ2) is 24.7. The molecule has 0 atom stereocenters. The van der Waals surface area contributed by atoms with Crippen molar-refractivity contribution in [1.82, 2.24) is 0 Å². The number of rotatable bonds is 26. The third-order valence-electron chi connectivity index (χ3n) is 5.50. The summed E-state index contributed by atoms with van der Waals surface area (Å²) in [5, 5.41) is 0. The van der Waals surface area contributed by atoms with Crippen LogP contribution < -0.4 is 0 Å². The lowest BCUT2D eigenvalue weighted by Gasteiger charge is -2.07. The van der Waals surface area contributed by atoms with Crippen molar-refractivity contribution < 1.29 is 28.3 Å². The van der Waals surface area contributed by atoms with Crippen molar-refractivity contribution in [1.29, 1.82) is 0 Å². The number of phosphoric ester groups is 1. The molecule has 0 bridgehead atoms. The molecule has 0 spiro atoms. The average molecular weight is 467 g/mol. The van der Waals surface area contributed by atoms with Gasteiger partial charge in [-0.3, -0.25) is 4.52 Å². The summed E-state index contributed by atoms with van der Waals surface area (Å²) in [5.74, 6) is 0. The third kappa shape index (κ3) is 30.0. The Labute approximate surface area is 192 Å². The van der Waals surface area contributed by atoms with Crippen LogP contribution in [0, 0.1) is 0 Å². The molecule has 7 heteroatoms. The molecule has 0 saturated carbocycles. The average Bonchev–Trinajstić information content (AvgIpc) is 2.73. The lowest BCUT2D eigenvalue weighted by molar-refractivity contribution is 0.0312. The fraction of sp³-hybridized carbons (Fsp3) is 1.00. The highest BCUT2D eigenvalue weighted by atomic mass is 31.2. The van der Waals surface area contributed by atoms with Crippen molar-refractivity contribution in [3.8, 4) is 0 Å². The quantitative estimate of drug-likeness (QED) is 0.104. The summed E-state index contributed by atoms with van der Waals surface area (Å²) in [7, 11) is -4.38. The van der Waals surface area contributed by atoms with E-state index >= 15 is 0 Å². The van der Waals surface area contributed by atoms with Crippen LogP contribution in [0.3, 0.4) is 0 Å². The van der Waals surface area contributed by atoms with Crippen molar-refractivity contribution >= 4 is 7.82 Å². The summed E-state index contributed by atoms with van der Waals surface area (Å²) in [6, 6.07) is 0. The first-order valence-corrected chi connectivity index (χ1v) is 14.4. The van der Waals surface area contributed by atoms with Crippen LogP contribution in [-0.4, -0.2) is 42.8 Å². The molecule has 0 aliphatic heterocycles. The van der Waals surface area contributed by atoms with Gasteiger partial charge in [0, 0.05) is 6.61 Å². The van der Waals surface area contributed by atoms with Crippen molar-refractivity contribution in [2.75, 3.05) is 33.0 Å². The maximum Gasteiger partial charge on any atom is 0.469 e. The van der Waals surface area contributed by atoms with Crippen LogP contribution in [0.2, 0.25) is 0 Å². The van der Waals surface area contributed by atoms with Gasteiger partial charge in [-0.2, -0.15) is 0 Å². The van der Waals surface area contributed by atoms with E-state index in [9.17, 15) is 4.57 Å². The molecular weight excluding hydrogens is 415 g/mol. The monoisotopic (exact) mass is 466 g/mol. The molecule has 188 valence electrons. The van der Waals surface area contributed by atoms with E-state index in [-0.39, 0.29) is 13.2 Å². The van der Waals surface area contributed by atoms with E-state index in [1.165, 1.54) is 109 Å². The molecule has 0 unspecified atom stereocenters. The second-order valence-corrected chi connectivity index (χ2v) is 9.80. The highest BCUT2D eigenvalue weighted by Gasteiger charge is 2.12. The zero-order valence-corrected chi connectivity index (χ0v) is 21.1. The van der Waals surface area contributed by atoms with Gasteiger partial charge in [-0.15, -0.1) is 0 Å². The van der Waals surface area contributed by atoms with Gasteiger partial charge in [0.25, 0.3) is 0 Å². The van der Waals surface area contributed by atoms with Crippen LogP contribution in [0.15, 0.2) is 0 Å². The molecule has 0 aromatic rings. The molecule has 0 aliphatic rings. The van der Waals surface area contributed by atoms with Crippen LogP contribution in [0.5, 0.6) is 0 Å². The third-order valence-corrected chi connectivity index (χ3v) is 6.02. The number of hydrogen-bond acceptors (Lipinski definition) is 4. The summed E-state index contributed by atoms with van der Waals surface area (Å²) in [4.78, 5) is 17.0. The predicted molar refractivity (Wildman–Crippen MR) is 128 cm³/mol. The Bertz CT molecular complexity index is 388. The fourth-order valence-corrected chi connectivity index (χ4v) is 3.96. The molecule has 2 N–H and O–H groups in total. The van der Waals surface area contributed by atoms with Gasteiger partial charge in [-0.1, -0.05) is 116 Å². The summed E-state index contributed by atoms with van der Waals surface area (Å²) in [6.45, 7) is 4.01. The molecule has 0 aliphatic carbocycles. The van der Waals surface area contributed by atoms with E-state index in [1.807, 2.05) is 0 Å². The molecule has 0 fully saturated rings. The van der Waals surface area contributed by atoms with Gasteiger partial charge in [-0.25, -0.2) is 4.57 Å². The van der Waals surface area contributed by atoms with Crippen molar-refractivity contribution in [3.63, 3.8) is 0 Å². The maximum atomic E-state index is 10.5. The second-order valence-electron chi connectivity index (χ2n) is 8.56. The Morgan fingerprint density at radius 1 is 0.484 bits per heavy atom. The minimum absolute atomic E-state index is 0.108. The molecule has 0 aromatic heterocycles. The van der Waals surface area contributed by atoms with E-state index in [1.54, 1.807) is 0 Å². The van der Waals surface area contributed by atoms with E-state index in [2.05, 4.69) is 11.4 Å². The van der Waals surface area contributed by atoms with Gasteiger partial charge in [0.15, 0.2) is 0 Å². The summed E-state index contributed by atoms with van der Waals surface area (Å²) < 4.78 is 25.4. The number of phosphoric acid groups is 1. The molecule has 0 radical (unpaired) electrons. The maximum absolute atomic E-state index is 10.5. The van der Waals surface area contributed by atoms with Gasteiger partial charge in [0.2, 0.25) is 0 Å². The minimum atomic E-state index is -4.38. The van der Waals surface area contributed by atoms with Crippen molar-refractivity contribution in [2.24, 2.45) is 0 Å². The van der Waals surface area contributed by atoms with Crippen LogP contribution in [0.25, 0.3) is 0 Å². The molecular formula is C24H51O6P. The van der Waals surface area contributed by atoms with Gasteiger partial charge in [0.1, 0.15) is 0 Å². The Balaban J connectivity index is 3.03. The van der Waals surface area contributed by atoms with E-state index in [0.717, 1.165) is 13.0 Å². The number of ether oxygens (including phenoxy) is 2. The van der Waals surface area contributed by atoms with Crippen LogP contribution in [0.4, 0.5) is 0 Å². The van der Waals surface area contributed by atoms with Gasteiger partial charge in [0.05, 0.1) is 26.4 Å². The zero-order valence-electron chi connectivity index (χ0n) is 20.2. The van der Waals surface area contributed by atoms with E-state index in [4.69, 9.17) is 19.3 Å². The summed E-state index contributed by atoms with van der Waals surface area (Å²) in [6.07, 6.45) is 24.8. The van der Waals surface area contributed by atoms with Gasteiger partial charge in [-0.05, 0) is 6.42 Å². The molecule has 31 heavy (non-hydrogen) atoms. The molecule has 0 aromatic carbocycles. The standard InChI is InChI=1S/C24H51O6P/c1-2-3-4-5-6-7-8-9-10-11-12-13-14-15-16-17-18-19-20-28-21-22-29-23-24-30-31(25,26)27/h2-24H2,1H3,(H2,25,26,27). The molecule has 6 nitrogen and oxygen atoms in total. The van der Waals surface area contributed by atoms with Crippen LogP contribution in [0.1, 0.15) is 122 Å². The minimum Gasteiger partial charge on any atom is -0.379 e. The lowest BCUT2D eigenvalue weighted by Crippen LogP contribution is -2.09. The first-order chi connectivity index (χ1) is 15.1. The highest BCUT2D eigenvalue weighted by molar-refractivity contribution is 7.46. The van der Waals surface area contributed by atoms with Crippen LogP contribution >= 0.6 is 7.82 Å². The highest BCUT2D eigenvalue weighted by Crippen LogP contribution is 2.35. The van der Waals surface area contributed by atoms with Gasteiger partial charge >= 0.3 is 7.82 Å².